The van der Waals surface area contributed by atoms with Crippen molar-refractivity contribution in [1.29, 1.82) is 0 Å². The van der Waals surface area contributed by atoms with Crippen LogP contribution in [0.25, 0.3) is 0 Å². The molecule has 158 valence electrons. The molecule has 0 saturated carbocycles. The molecular formula is C22H25N3O5. The van der Waals surface area contributed by atoms with Gasteiger partial charge in [-0.3, -0.25) is 4.79 Å². The minimum atomic E-state index is -0.285. The van der Waals surface area contributed by atoms with Crippen LogP contribution < -0.4 is 29.7 Å². The van der Waals surface area contributed by atoms with Crippen molar-refractivity contribution in [2.24, 2.45) is 0 Å². The molecule has 8 nitrogen and oxygen atoms in total. The van der Waals surface area contributed by atoms with Gasteiger partial charge in [0.15, 0.2) is 11.5 Å². The maximum Gasteiger partial charge on any atom is 0.315 e. The number of benzene rings is 2. The average Bonchev–Trinajstić information content (AvgIpc) is 3.13. The predicted octanol–water partition coefficient (Wildman–Crippen LogP) is 2.11. The number of fused-ring (bicyclic) bond motifs is 1. The molecule has 2 aliphatic rings. The molecule has 2 N–H and O–H groups in total. The topological polar surface area (TPSA) is 89.1 Å². The largest absolute Gasteiger partial charge is 0.496 e. The summed E-state index contributed by atoms with van der Waals surface area (Å²) in [5.74, 6) is 2.08. The van der Waals surface area contributed by atoms with Crippen molar-refractivity contribution in [3.8, 4) is 17.2 Å². The van der Waals surface area contributed by atoms with Gasteiger partial charge < -0.3 is 29.7 Å². The van der Waals surface area contributed by atoms with E-state index in [1.807, 2.05) is 42.5 Å². The molecule has 1 fully saturated rings. The summed E-state index contributed by atoms with van der Waals surface area (Å²) < 4.78 is 16.4. The van der Waals surface area contributed by atoms with Gasteiger partial charge in [0.1, 0.15) is 19.0 Å². The van der Waals surface area contributed by atoms with Crippen molar-refractivity contribution in [3.63, 3.8) is 0 Å². The van der Waals surface area contributed by atoms with Crippen LogP contribution >= 0.6 is 0 Å². The smallest absolute Gasteiger partial charge is 0.315 e. The predicted molar refractivity (Wildman–Crippen MR) is 111 cm³/mol. The van der Waals surface area contributed by atoms with E-state index in [2.05, 4.69) is 10.6 Å². The SMILES string of the molecule is COc1ccccc1CCNC(=O)N[C@H]1CC(=O)N(c2ccc3c(c2)OCCO3)C1. The number of para-hydroxylation sites is 1. The van der Waals surface area contributed by atoms with E-state index in [1.54, 1.807) is 12.0 Å². The number of urea groups is 1. The Balaban J connectivity index is 1.28. The van der Waals surface area contributed by atoms with E-state index in [0.717, 1.165) is 17.0 Å². The Morgan fingerprint density at radius 2 is 1.97 bits per heavy atom. The molecule has 0 radical (unpaired) electrons. The fourth-order valence-electron chi connectivity index (χ4n) is 3.71. The molecule has 0 aromatic heterocycles. The van der Waals surface area contributed by atoms with Crippen molar-refractivity contribution in [3.05, 3.63) is 48.0 Å². The van der Waals surface area contributed by atoms with Crippen molar-refractivity contribution in [2.75, 3.05) is 38.3 Å². The number of nitrogens with zero attached hydrogens (tertiary/aromatic N) is 1. The van der Waals surface area contributed by atoms with Gasteiger partial charge in [-0.25, -0.2) is 4.79 Å². The van der Waals surface area contributed by atoms with E-state index in [4.69, 9.17) is 14.2 Å². The molecule has 2 aliphatic heterocycles. The molecule has 0 spiro atoms. The third-order valence-electron chi connectivity index (χ3n) is 5.17. The van der Waals surface area contributed by atoms with E-state index in [-0.39, 0.29) is 24.4 Å². The molecule has 2 heterocycles. The number of hydrogen-bond donors (Lipinski definition) is 2. The third-order valence-corrected chi connectivity index (χ3v) is 5.17. The first-order valence-electron chi connectivity index (χ1n) is 10.0. The quantitative estimate of drug-likeness (QED) is 0.760. The number of amides is 3. The fourth-order valence-corrected chi connectivity index (χ4v) is 3.71. The average molecular weight is 411 g/mol. The molecule has 30 heavy (non-hydrogen) atoms. The zero-order chi connectivity index (χ0) is 20.9. The Morgan fingerprint density at radius 3 is 2.80 bits per heavy atom. The fraction of sp³-hybridized carbons (Fsp3) is 0.364. The lowest BCUT2D eigenvalue weighted by Gasteiger charge is -2.22. The Hall–Kier alpha value is -3.42. The second-order valence-electron chi connectivity index (χ2n) is 7.20. The third kappa shape index (κ3) is 4.42. The highest BCUT2D eigenvalue weighted by Gasteiger charge is 2.32. The lowest BCUT2D eigenvalue weighted by molar-refractivity contribution is -0.117. The molecule has 2 aromatic rings. The van der Waals surface area contributed by atoms with Crippen LogP contribution in [0.4, 0.5) is 10.5 Å². The molecule has 2 aromatic carbocycles. The molecule has 0 bridgehead atoms. The second-order valence-corrected chi connectivity index (χ2v) is 7.20. The summed E-state index contributed by atoms with van der Waals surface area (Å²) in [4.78, 5) is 26.4. The van der Waals surface area contributed by atoms with Gasteiger partial charge in [-0.1, -0.05) is 18.2 Å². The first-order chi connectivity index (χ1) is 14.6. The standard InChI is InChI=1S/C22H25N3O5/c1-28-18-5-3-2-4-15(18)8-9-23-22(27)24-16-12-21(26)25(14-16)17-6-7-19-20(13-17)30-11-10-29-19/h2-7,13,16H,8-12,14H2,1H3,(H2,23,24,27)/t16-/m0/s1. The van der Waals surface area contributed by atoms with Gasteiger partial charge in [0.2, 0.25) is 5.91 Å². The summed E-state index contributed by atoms with van der Waals surface area (Å²) in [5, 5.41) is 5.73. The van der Waals surface area contributed by atoms with Gasteiger partial charge in [0.25, 0.3) is 0 Å². The number of methoxy groups -OCH3 is 1. The van der Waals surface area contributed by atoms with Gasteiger partial charge in [-0.2, -0.15) is 0 Å². The zero-order valence-corrected chi connectivity index (χ0v) is 16.8. The number of carbonyl (C=O) groups is 2. The minimum absolute atomic E-state index is 0.0361. The van der Waals surface area contributed by atoms with Crippen molar-refractivity contribution >= 4 is 17.6 Å². The summed E-state index contributed by atoms with van der Waals surface area (Å²) in [6.07, 6.45) is 0.915. The van der Waals surface area contributed by atoms with Crippen LogP contribution in [0.2, 0.25) is 0 Å². The normalized spacial score (nSPS) is 17.6. The highest BCUT2D eigenvalue weighted by molar-refractivity contribution is 5.97. The Bertz CT molecular complexity index is 933. The maximum atomic E-state index is 12.5. The maximum absolute atomic E-state index is 12.5. The van der Waals surface area contributed by atoms with Crippen molar-refractivity contribution in [2.45, 2.75) is 18.9 Å². The summed E-state index contributed by atoms with van der Waals surface area (Å²) in [5.41, 5.74) is 1.77. The number of hydrogen-bond acceptors (Lipinski definition) is 5. The molecule has 4 rings (SSSR count). The monoisotopic (exact) mass is 411 g/mol. The first kappa shape index (κ1) is 19.9. The lowest BCUT2D eigenvalue weighted by atomic mass is 10.1. The Kier molecular flexibility index (Phi) is 5.92. The van der Waals surface area contributed by atoms with Crippen molar-refractivity contribution < 1.29 is 23.8 Å². The molecule has 8 heteroatoms. The molecule has 1 atom stereocenters. The first-order valence-corrected chi connectivity index (χ1v) is 10.0. The van der Waals surface area contributed by atoms with Gasteiger partial charge in [0, 0.05) is 31.3 Å². The number of nitrogens with one attached hydrogen (secondary N) is 2. The van der Waals surface area contributed by atoms with E-state index >= 15 is 0 Å². The molecule has 1 saturated heterocycles. The molecule has 0 unspecified atom stereocenters. The number of anilines is 1. The van der Waals surface area contributed by atoms with E-state index in [9.17, 15) is 9.59 Å². The van der Waals surface area contributed by atoms with Crippen LogP contribution in [0.3, 0.4) is 0 Å². The zero-order valence-electron chi connectivity index (χ0n) is 16.8. The summed E-state index contributed by atoms with van der Waals surface area (Å²) >= 11 is 0. The Labute approximate surface area is 175 Å². The van der Waals surface area contributed by atoms with Gasteiger partial charge >= 0.3 is 6.03 Å². The Morgan fingerprint density at radius 1 is 1.17 bits per heavy atom. The van der Waals surface area contributed by atoms with Crippen LogP contribution in [0.15, 0.2) is 42.5 Å². The van der Waals surface area contributed by atoms with Gasteiger partial charge in [-0.05, 0) is 30.2 Å². The van der Waals surface area contributed by atoms with Crippen LogP contribution in [-0.4, -0.2) is 51.4 Å². The van der Waals surface area contributed by atoms with Crippen LogP contribution in [-0.2, 0) is 11.2 Å². The number of ether oxygens (including phenoxy) is 3. The molecule has 3 amide bonds. The summed E-state index contributed by atoms with van der Waals surface area (Å²) in [6.45, 7) is 1.90. The molecular weight excluding hydrogens is 386 g/mol. The highest BCUT2D eigenvalue weighted by Crippen LogP contribution is 2.35. The van der Waals surface area contributed by atoms with Gasteiger partial charge in [0.05, 0.1) is 13.2 Å². The van der Waals surface area contributed by atoms with E-state index in [1.165, 1.54) is 0 Å². The lowest BCUT2D eigenvalue weighted by Crippen LogP contribution is -2.44. The van der Waals surface area contributed by atoms with Crippen LogP contribution in [0, 0.1) is 0 Å². The molecule has 0 aliphatic carbocycles. The van der Waals surface area contributed by atoms with Crippen LogP contribution in [0.5, 0.6) is 17.2 Å². The summed E-state index contributed by atoms with van der Waals surface area (Å²) in [6, 6.07) is 12.6. The highest BCUT2D eigenvalue weighted by atomic mass is 16.6. The van der Waals surface area contributed by atoms with E-state index in [0.29, 0.717) is 44.2 Å². The van der Waals surface area contributed by atoms with Gasteiger partial charge in [-0.15, -0.1) is 0 Å². The van der Waals surface area contributed by atoms with Crippen LogP contribution in [0.1, 0.15) is 12.0 Å². The minimum Gasteiger partial charge on any atom is -0.496 e. The van der Waals surface area contributed by atoms with Crippen molar-refractivity contribution in [1.82, 2.24) is 10.6 Å². The van der Waals surface area contributed by atoms with E-state index < -0.39 is 0 Å². The second kappa shape index (κ2) is 8.94. The summed E-state index contributed by atoms with van der Waals surface area (Å²) in [7, 11) is 1.63. The number of rotatable bonds is 6. The number of carbonyl (C=O) groups excluding carboxylic acids is 2.